The van der Waals surface area contributed by atoms with Gasteiger partial charge in [-0.15, -0.1) is 0 Å². The Morgan fingerprint density at radius 1 is 0.973 bits per heavy atom. The Labute approximate surface area is 211 Å². The zero-order valence-corrected chi connectivity index (χ0v) is 20.1. The Morgan fingerprint density at radius 3 is 2.14 bits per heavy atom. The van der Waals surface area contributed by atoms with Crippen LogP contribution in [0.1, 0.15) is 31.4 Å². The number of aromatic nitrogens is 2. The second kappa shape index (κ2) is 15.7. The number of amides is 4. The Morgan fingerprint density at radius 2 is 1.59 bits per heavy atom. The molecule has 206 valence electrons. The number of aliphatic hydroxyl groups is 1. The number of carbonyl (C=O) groups excluding carboxylic acids is 4. The molecule has 37 heavy (non-hydrogen) atoms. The molecule has 0 spiro atoms. The predicted octanol–water partition coefficient (Wildman–Crippen LogP) is -4.87. The number of nitrogens with two attached hydrogens (primary N) is 4. The van der Waals surface area contributed by atoms with E-state index in [0.29, 0.717) is 12.1 Å². The van der Waals surface area contributed by atoms with Crippen LogP contribution in [0, 0.1) is 0 Å². The number of imidazole rings is 1. The molecule has 1 heterocycles. The molecule has 0 saturated carbocycles. The first kappa shape index (κ1) is 30.8. The largest absolute Gasteiger partial charge is 0.480 e. The molecule has 1 rings (SSSR count). The van der Waals surface area contributed by atoms with Crippen molar-refractivity contribution < 1.29 is 34.2 Å². The second-order valence-corrected chi connectivity index (χ2v) is 8.05. The minimum atomic E-state index is -1.49. The Balaban J connectivity index is 2.83. The lowest BCUT2D eigenvalue weighted by molar-refractivity contribution is -0.142. The average molecular weight is 527 g/mol. The van der Waals surface area contributed by atoms with Gasteiger partial charge in [-0.2, -0.15) is 0 Å². The molecule has 17 heteroatoms. The summed E-state index contributed by atoms with van der Waals surface area (Å²) >= 11 is 0. The number of nitrogens with one attached hydrogen (secondary N) is 4. The number of nitrogens with zero attached hydrogens (tertiary/aromatic N) is 2. The molecule has 1 aromatic rings. The number of aliphatic carboxylic acids is 1. The summed E-state index contributed by atoms with van der Waals surface area (Å²) in [6.07, 6.45) is 2.57. The van der Waals surface area contributed by atoms with Crippen LogP contribution in [0.2, 0.25) is 0 Å². The number of H-pyrrole nitrogens is 1. The van der Waals surface area contributed by atoms with E-state index < -0.39 is 60.4 Å². The number of hydrogen-bond acceptors (Lipinski definition) is 9. The normalized spacial score (nSPS) is 13.9. The lowest BCUT2D eigenvalue weighted by atomic mass is 10.1. The zero-order valence-electron chi connectivity index (χ0n) is 20.1. The molecule has 4 unspecified atom stereocenters. The highest BCUT2D eigenvalue weighted by atomic mass is 16.4. The van der Waals surface area contributed by atoms with Gasteiger partial charge in [0.15, 0.2) is 5.96 Å². The Kier molecular flexibility index (Phi) is 13.0. The molecular formula is C20H34N10O7. The SMILES string of the molecule is NC(=O)CCC(NC(=O)C(CO)NC(=O)C(N)CCCN=C(N)N)C(=O)NC(Cc1cnc[nH]1)C(=O)O. The molecule has 4 atom stereocenters. The van der Waals surface area contributed by atoms with Crippen LogP contribution >= 0.6 is 0 Å². The minimum Gasteiger partial charge on any atom is -0.480 e. The van der Waals surface area contributed by atoms with E-state index in [1.807, 2.05) is 0 Å². The smallest absolute Gasteiger partial charge is 0.326 e. The molecule has 0 aliphatic carbocycles. The number of carbonyl (C=O) groups is 5. The van der Waals surface area contributed by atoms with Crippen LogP contribution in [0.3, 0.4) is 0 Å². The monoisotopic (exact) mass is 526 g/mol. The highest BCUT2D eigenvalue weighted by molar-refractivity contribution is 5.94. The van der Waals surface area contributed by atoms with E-state index in [-0.39, 0.29) is 38.2 Å². The van der Waals surface area contributed by atoms with Crippen molar-refractivity contribution in [2.45, 2.75) is 56.3 Å². The summed E-state index contributed by atoms with van der Waals surface area (Å²) < 4.78 is 0. The van der Waals surface area contributed by atoms with E-state index >= 15 is 0 Å². The van der Waals surface area contributed by atoms with E-state index in [1.54, 1.807) is 0 Å². The third kappa shape index (κ3) is 11.8. The van der Waals surface area contributed by atoms with Crippen LogP contribution in [0.5, 0.6) is 0 Å². The van der Waals surface area contributed by atoms with E-state index in [2.05, 4.69) is 30.9 Å². The van der Waals surface area contributed by atoms with Crippen molar-refractivity contribution in [3.05, 3.63) is 18.2 Å². The van der Waals surface area contributed by atoms with Gasteiger partial charge in [-0.3, -0.25) is 24.2 Å². The van der Waals surface area contributed by atoms with Crippen molar-refractivity contribution in [2.75, 3.05) is 13.2 Å². The van der Waals surface area contributed by atoms with Crippen LogP contribution in [-0.4, -0.2) is 93.1 Å². The van der Waals surface area contributed by atoms with E-state index in [4.69, 9.17) is 22.9 Å². The fourth-order valence-electron chi connectivity index (χ4n) is 3.04. The molecule has 0 aromatic carbocycles. The summed E-state index contributed by atoms with van der Waals surface area (Å²) in [4.78, 5) is 71.0. The lowest BCUT2D eigenvalue weighted by Gasteiger charge is -2.24. The molecule has 0 radical (unpaired) electrons. The van der Waals surface area contributed by atoms with Crippen LogP contribution in [0.4, 0.5) is 0 Å². The molecule has 0 saturated heterocycles. The lowest BCUT2D eigenvalue weighted by Crippen LogP contribution is -2.58. The average Bonchev–Trinajstić information content (AvgIpc) is 3.34. The third-order valence-electron chi connectivity index (χ3n) is 5.03. The first-order valence-electron chi connectivity index (χ1n) is 11.3. The van der Waals surface area contributed by atoms with Crippen LogP contribution in [0.15, 0.2) is 17.5 Å². The molecule has 17 nitrogen and oxygen atoms in total. The predicted molar refractivity (Wildman–Crippen MR) is 129 cm³/mol. The summed E-state index contributed by atoms with van der Waals surface area (Å²) in [5.41, 5.74) is 21.8. The van der Waals surface area contributed by atoms with Gasteiger partial charge in [0.2, 0.25) is 23.6 Å². The van der Waals surface area contributed by atoms with Gasteiger partial charge in [0.05, 0.1) is 19.0 Å². The van der Waals surface area contributed by atoms with Crippen LogP contribution in [-0.2, 0) is 30.4 Å². The number of aromatic amines is 1. The maximum absolute atomic E-state index is 12.8. The van der Waals surface area contributed by atoms with Crippen LogP contribution in [0.25, 0.3) is 0 Å². The number of primary amides is 1. The topological polar surface area (TPSA) is 307 Å². The summed E-state index contributed by atoms with van der Waals surface area (Å²) in [5.74, 6) is -4.85. The summed E-state index contributed by atoms with van der Waals surface area (Å²) in [6.45, 7) is -0.596. The van der Waals surface area contributed by atoms with Gasteiger partial charge >= 0.3 is 5.97 Å². The Hall–Kier alpha value is -4.25. The van der Waals surface area contributed by atoms with Crippen molar-refractivity contribution in [1.29, 1.82) is 0 Å². The number of carboxylic acid groups (broad SMARTS) is 1. The molecule has 14 N–H and O–H groups in total. The van der Waals surface area contributed by atoms with Gasteiger partial charge in [0.25, 0.3) is 0 Å². The maximum Gasteiger partial charge on any atom is 0.326 e. The van der Waals surface area contributed by atoms with Gasteiger partial charge in [-0.05, 0) is 19.3 Å². The third-order valence-corrected chi connectivity index (χ3v) is 5.03. The fraction of sp³-hybridized carbons (Fsp3) is 0.550. The standard InChI is InChI=1S/C20H34N10O7/c21-11(2-1-5-26-20(23)24)16(33)30-14(8-31)18(35)28-12(3-4-15(22)32)17(34)29-13(19(36)37)6-10-7-25-9-27-10/h7,9,11-14,31H,1-6,8,21H2,(H2,22,32)(H,25,27)(H,28,35)(H,29,34)(H,30,33)(H,36,37)(H4,23,24,26). The summed E-state index contributed by atoms with van der Waals surface area (Å²) in [6, 6.07) is -5.31. The molecule has 0 fully saturated rings. The number of carboxylic acids is 1. The number of aliphatic hydroxyl groups excluding tert-OH is 1. The van der Waals surface area contributed by atoms with Crippen molar-refractivity contribution in [2.24, 2.45) is 27.9 Å². The molecule has 0 aliphatic heterocycles. The highest BCUT2D eigenvalue weighted by Gasteiger charge is 2.30. The van der Waals surface area contributed by atoms with Crippen molar-refractivity contribution in [3.8, 4) is 0 Å². The first-order valence-corrected chi connectivity index (χ1v) is 11.3. The second-order valence-electron chi connectivity index (χ2n) is 8.05. The fourth-order valence-corrected chi connectivity index (χ4v) is 3.04. The summed E-state index contributed by atoms with van der Waals surface area (Å²) in [7, 11) is 0. The van der Waals surface area contributed by atoms with Crippen molar-refractivity contribution >= 4 is 35.6 Å². The number of guanidine groups is 1. The van der Waals surface area contributed by atoms with Crippen molar-refractivity contribution in [3.63, 3.8) is 0 Å². The zero-order chi connectivity index (χ0) is 28.0. The molecule has 0 bridgehead atoms. The maximum atomic E-state index is 12.8. The summed E-state index contributed by atoms with van der Waals surface area (Å²) in [5, 5.41) is 25.9. The molecule has 0 aliphatic rings. The van der Waals surface area contributed by atoms with Crippen molar-refractivity contribution in [1.82, 2.24) is 25.9 Å². The van der Waals surface area contributed by atoms with Gasteiger partial charge in [-0.25, -0.2) is 9.78 Å². The van der Waals surface area contributed by atoms with E-state index in [0.717, 1.165) is 0 Å². The highest BCUT2D eigenvalue weighted by Crippen LogP contribution is 2.04. The van der Waals surface area contributed by atoms with E-state index in [1.165, 1.54) is 12.5 Å². The molecular weight excluding hydrogens is 492 g/mol. The molecule has 1 aromatic heterocycles. The number of hydrogen-bond donors (Lipinski definition) is 10. The Bertz CT molecular complexity index is 949. The van der Waals surface area contributed by atoms with Gasteiger partial charge in [0.1, 0.15) is 18.1 Å². The number of aliphatic imine (C=N–C) groups is 1. The van der Waals surface area contributed by atoms with Gasteiger partial charge in [0, 0.05) is 31.3 Å². The van der Waals surface area contributed by atoms with Gasteiger partial charge < -0.3 is 54.1 Å². The van der Waals surface area contributed by atoms with Crippen LogP contribution < -0.4 is 38.9 Å². The minimum absolute atomic E-state index is 0.110. The van der Waals surface area contributed by atoms with Gasteiger partial charge in [-0.1, -0.05) is 0 Å². The van der Waals surface area contributed by atoms with E-state index in [9.17, 15) is 34.2 Å². The number of rotatable bonds is 17. The quantitative estimate of drug-likeness (QED) is 0.0521. The first-order chi connectivity index (χ1) is 17.4. The molecule has 4 amide bonds.